The molecule has 0 radical (unpaired) electrons. The molecule has 0 amide bonds. The molecule has 0 atom stereocenters. The Kier molecular flexibility index (Phi) is 2.48. The minimum atomic E-state index is 0.931. The van der Waals surface area contributed by atoms with Crippen LogP contribution in [-0.4, -0.2) is 26.7 Å². The zero-order chi connectivity index (χ0) is 9.97. The molecule has 0 fully saturated rings. The average Bonchev–Trinajstić information content (AvgIpc) is 2.27. The minimum Gasteiger partial charge on any atom is -0.495 e. The first-order chi connectivity index (χ1) is 6.86. The van der Waals surface area contributed by atoms with E-state index in [0.29, 0.717) is 0 Å². The Hall–Kier alpha value is -1.38. The average molecular weight is 192 g/mol. The normalized spacial score (nSPS) is 14.6. The molecule has 1 N–H and O–H groups in total. The summed E-state index contributed by atoms with van der Waals surface area (Å²) in [5.74, 6) is 0.931. The van der Waals surface area contributed by atoms with E-state index >= 15 is 0 Å². The molecule has 2 rings (SSSR count). The highest BCUT2D eigenvalue weighted by molar-refractivity contribution is 5.78. The minimum absolute atomic E-state index is 0.931. The fraction of sp³-hybridized carbons (Fsp3) is 0.455. The van der Waals surface area contributed by atoms with Gasteiger partial charge in [-0.05, 0) is 19.1 Å². The van der Waals surface area contributed by atoms with E-state index in [-0.39, 0.29) is 0 Å². The zero-order valence-corrected chi connectivity index (χ0v) is 8.71. The van der Waals surface area contributed by atoms with Crippen LogP contribution in [0, 0.1) is 0 Å². The number of fused-ring (bicyclic) bond motifs is 1. The van der Waals surface area contributed by atoms with Gasteiger partial charge in [0, 0.05) is 19.6 Å². The summed E-state index contributed by atoms with van der Waals surface area (Å²) in [6, 6.07) is 6.16. The maximum absolute atomic E-state index is 5.32. The first-order valence-corrected chi connectivity index (χ1v) is 5.02. The van der Waals surface area contributed by atoms with Crippen molar-refractivity contribution in [2.45, 2.75) is 6.92 Å². The van der Waals surface area contributed by atoms with Crippen molar-refractivity contribution in [2.24, 2.45) is 0 Å². The third kappa shape index (κ3) is 1.39. The number of methoxy groups -OCH3 is 1. The largest absolute Gasteiger partial charge is 0.495 e. The summed E-state index contributed by atoms with van der Waals surface area (Å²) in [5, 5.41) is 3.38. The molecule has 0 unspecified atom stereocenters. The van der Waals surface area contributed by atoms with Crippen molar-refractivity contribution in [1.29, 1.82) is 0 Å². The van der Waals surface area contributed by atoms with Gasteiger partial charge in [-0.3, -0.25) is 0 Å². The predicted molar refractivity (Wildman–Crippen MR) is 59.4 cm³/mol. The van der Waals surface area contributed by atoms with Crippen LogP contribution in [0.25, 0.3) is 0 Å². The number of likely N-dealkylation sites (N-methyl/N-ethyl adjacent to an activating group) is 1. The van der Waals surface area contributed by atoms with E-state index in [0.717, 1.165) is 31.1 Å². The van der Waals surface area contributed by atoms with E-state index in [2.05, 4.69) is 23.2 Å². The van der Waals surface area contributed by atoms with Crippen molar-refractivity contribution in [1.82, 2.24) is 0 Å². The SMILES string of the molecule is CCN1CCNc2c(OC)cccc21. The third-order valence-electron chi connectivity index (χ3n) is 2.63. The highest BCUT2D eigenvalue weighted by Gasteiger charge is 2.17. The summed E-state index contributed by atoms with van der Waals surface area (Å²) in [7, 11) is 1.71. The molecule has 1 aliphatic rings. The van der Waals surface area contributed by atoms with Crippen molar-refractivity contribution >= 4 is 11.4 Å². The quantitative estimate of drug-likeness (QED) is 0.775. The molecule has 0 saturated heterocycles. The van der Waals surface area contributed by atoms with Crippen LogP contribution in [-0.2, 0) is 0 Å². The fourth-order valence-electron chi connectivity index (χ4n) is 1.90. The van der Waals surface area contributed by atoms with Crippen LogP contribution >= 0.6 is 0 Å². The highest BCUT2D eigenvalue weighted by atomic mass is 16.5. The maximum Gasteiger partial charge on any atom is 0.144 e. The van der Waals surface area contributed by atoms with Gasteiger partial charge in [-0.25, -0.2) is 0 Å². The lowest BCUT2D eigenvalue weighted by atomic mass is 10.2. The summed E-state index contributed by atoms with van der Waals surface area (Å²) < 4.78 is 5.32. The van der Waals surface area contributed by atoms with Crippen LogP contribution in [0.2, 0.25) is 0 Å². The third-order valence-corrected chi connectivity index (χ3v) is 2.63. The second kappa shape index (κ2) is 3.78. The Morgan fingerprint density at radius 3 is 3.07 bits per heavy atom. The molecule has 0 aliphatic carbocycles. The van der Waals surface area contributed by atoms with Crippen molar-refractivity contribution in [3.8, 4) is 5.75 Å². The monoisotopic (exact) mass is 192 g/mol. The Morgan fingerprint density at radius 2 is 2.36 bits per heavy atom. The number of benzene rings is 1. The van der Waals surface area contributed by atoms with Crippen LogP contribution in [0.3, 0.4) is 0 Å². The first kappa shape index (κ1) is 9.19. The molecule has 3 heteroatoms. The highest BCUT2D eigenvalue weighted by Crippen LogP contribution is 2.36. The number of ether oxygens (including phenoxy) is 1. The van der Waals surface area contributed by atoms with Crippen LogP contribution < -0.4 is 15.0 Å². The van der Waals surface area contributed by atoms with Crippen molar-refractivity contribution in [2.75, 3.05) is 37.0 Å². The van der Waals surface area contributed by atoms with Gasteiger partial charge in [0.2, 0.25) is 0 Å². The molecule has 1 aromatic carbocycles. The number of hydrogen-bond acceptors (Lipinski definition) is 3. The van der Waals surface area contributed by atoms with Crippen molar-refractivity contribution in [3.05, 3.63) is 18.2 Å². The van der Waals surface area contributed by atoms with Crippen LogP contribution in [0.4, 0.5) is 11.4 Å². The standard InChI is InChI=1S/C11H16N2O/c1-3-13-8-7-12-11-9(13)5-4-6-10(11)14-2/h4-6,12H,3,7-8H2,1-2H3. The second-order valence-electron chi connectivity index (χ2n) is 3.36. The molecule has 0 aromatic heterocycles. The molecule has 76 valence electrons. The van der Waals surface area contributed by atoms with Gasteiger partial charge in [0.1, 0.15) is 11.4 Å². The van der Waals surface area contributed by atoms with E-state index in [9.17, 15) is 0 Å². The van der Waals surface area contributed by atoms with Crippen molar-refractivity contribution in [3.63, 3.8) is 0 Å². The van der Waals surface area contributed by atoms with E-state index in [1.165, 1.54) is 5.69 Å². The van der Waals surface area contributed by atoms with Gasteiger partial charge in [-0.1, -0.05) is 6.07 Å². The van der Waals surface area contributed by atoms with E-state index < -0.39 is 0 Å². The Bertz CT molecular complexity index is 325. The molecule has 1 aromatic rings. The summed E-state index contributed by atoms with van der Waals surface area (Å²) in [6.45, 7) is 5.27. The lowest BCUT2D eigenvalue weighted by Gasteiger charge is -2.31. The Balaban J connectivity index is 2.43. The van der Waals surface area contributed by atoms with E-state index in [1.54, 1.807) is 7.11 Å². The van der Waals surface area contributed by atoms with Crippen LogP contribution in [0.15, 0.2) is 18.2 Å². The summed E-state index contributed by atoms with van der Waals surface area (Å²) >= 11 is 0. The number of hydrogen-bond donors (Lipinski definition) is 1. The van der Waals surface area contributed by atoms with Gasteiger partial charge in [-0.2, -0.15) is 0 Å². The molecule has 0 bridgehead atoms. The van der Waals surface area contributed by atoms with E-state index in [1.807, 2.05) is 12.1 Å². The summed E-state index contributed by atoms with van der Waals surface area (Å²) in [5.41, 5.74) is 2.38. The smallest absolute Gasteiger partial charge is 0.144 e. The molecule has 3 nitrogen and oxygen atoms in total. The maximum atomic E-state index is 5.32. The summed E-state index contributed by atoms with van der Waals surface area (Å²) in [4.78, 5) is 2.36. The van der Waals surface area contributed by atoms with Gasteiger partial charge in [0.25, 0.3) is 0 Å². The van der Waals surface area contributed by atoms with Gasteiger partial charge in [0.15, 0.2) is 0 Å². The number of nitrogens with one attached hydrogen (secondary N) is 1. The van der Waals surface area contributed by atoms with Gasteiger partial charge in [-0.15, -0.1) is 0 Å². The molecule has 14 heavy (non-hydrogen) atoms. The topological polar surface area (TPSA) is 24.5 Å². The molecular weight excluding hydrogens is 176 g/mol. The predicted octanol–water partition coefficient (Wildman–Crippen LogP) is 1.95. The Morgan fingerprint density at radius 1 is 1.50 bits per heavy atom. The summed E-state index contributed by atoms with van der Waals surface area (Å²) in [6.07, 6.45) is 0. The second-order valence-corrected chi connectivity index (χ2v) is 3.36. The molecule has 0 spiro atoms. The number of nitrogens with zero attached hydrogens (tertiary/aromatic N) is 1. The number of para-hydroxylation sites is 1. The Labute approximate surface area is 84.7 Å². The fourth-order valence-corrected chi connectivity index (χ4v) is 1.90. The van der Waals surface area contributed by atoms with Gasteiger partial charge >= 0.3 is 0 Å². The van der Waals surface area contributed by atoms with Crippen LogP contribution in [0.5, 0.6) is 5.75 Å². The van der Waals surface area contributed by atoms with Crippen molar-refractivity contribution < 1.29 is 4.74 Å². The lowest BCUT2D eigenvalue weighted by molar-refractivity contribution is 0.416. The molecule has 1 heterocycles. The van der Waals surface area contributed by atoms with Gasteiger partial charge in [0.05, 0.1) is 12.8 Å². The molecule has 0 saturated carbocycles. The zero-order valence-electron chi connectivity index (χ0n) is 8.71. The van der Waals surface area contributed by atoms with Crippen LogP contribution in [0.1, 0.15) is 6.92 Å². The lowest BCUT2D eigenvalue weighted by Crippen LogP contribution is -2.33. The molecular formula is C11H16N2O. The number of rotatable bonds is 2. The first-order valence-electron chi connectivity index (χ1n) is 5.02. The molecule has 1 aliphatic heterocycles. The van der Waals surface area contributed by atoms with Gasteiger partial charge < -0.3 is 15.0 Å². The number of anilines is 2. The van der Waals surface area contributed by atoms with E-state index in [4.69, 9.17) is 4.74 Å².